The van der Waals surface area contributed by atoms with Crippen LogP contribution in [0.5, 0.6) is 0 Å². The van der Waals surface area contributed by atoms with Crippen molar-refractivity contribution in [2.45, 2.75) is 31.8 Å². The summed E-state index contributed by atoms with van der Waals surface area (Å²) in [6.07, 6.45) is 4.15. The number of nitrogens with one attached hydrogen (secondary N) is 3. The standard InChI is InChI=1S/C23H28N6O/c1-23(22(30)25-11-10-19-13-24-16-27-19)15-29(2)14-18-8-9-20(28-21(18)23)26-12-17-6-4-3-5-7-17/h3-9,13,16H,10-12,14-15H2,1-2H3,(H,24,27)(H,25,30)(H,26,28). The van der Waals surface area contributed by atoms with E-state index < -0.39 is 5.41 Å². The van der Waals surface area contributed by atoms with Gasteiger partial charge in [-0.15, -0.1) is 0 Å². The molecule has 1 aliphatic heterocycles. The highest BCUT2D eigenvalue weighted by atomic mass is 16.2. The lowest BCUT2D eigenvalue weighted by molar-refractivity contribution is -0.127. The molecule has 0 radical (unpaired) electrons. The van der Waals surface area contributed by atoms with Crippen LogP contribution in [-0.2, 0) is 29.7 Å². The second-order valence-corrected chi connectivity index (χ2v) is 8.13. The maximum atomic E-state index is 13.2. The Morgan fingerprint density at radius 2 is 2.07 bits per heavy atom. The molecular formula is C23H28N6O. The Morgan fingerprint density at radius 1 is 1.23 bits per heavy atom. The minimum atomic E-state index is -0.708. The van der Waals surface area contributed by atoms with E-state index in [-0.39, 0.29) is 5.91 Å². The molecule has 4 rings (SSSR count). The number of aromatic amines is 1. The van der Waals surface area contributed by atoms with Crippen molar-refractivity contribution in [3.63, 3.8) is 0 Å². The highest BCUT2D eigenvalue weighted by Crippen LogP contribution is 2.33. The lowest BCUT2D eigenvalue weighted by Crippen LogP contribution is -2.53. The number of carbonyl (C=O) groups is 1. The number of hydrogen-bond donors (Lipinski definition) is 3. The first-order chi connectivity index (χ1) is 14.5. The van der Waals surface area contributed by atoms with E-state index in [9.17, 15) is 4.79 Å². The van der Waals surface area contributed by atoms with E-state index in [1.807, 2.05) is 38.2 Å². The molecule has 1 atom stereocenters. The van der Waals surface area contributed by atoms with Gasteiger partial charge in [-0.3, -0.25) is 4.79 Å². The van der Waals surface area contributed by atoms with Crippen LogP contribution in [0.25, 0.3) is 0 Å². The fourth-order valence-electron chi connectivity index (χ4n) is 4.05. The minimum Gasteiger partial charge on any atom is -0.366 e. The van der Waals surface area contributed by atoms with Crippen molar-refractivity contribution in [3.8, 4) is 0 Å². The molecule has 1 amide bonds. The number of nitrogens with zero attached hydrogens (tertiary/aromatic N) is 3. The average molecular weight is 405 g/mol. The Balaban J connectivity index is 1.50. The van der Waals surface area contributed by atoms with Gasteiger partial charge >= 0.3 is 0 Å². The molecule has 1 aliphatic rings. The van der Waals surface area contributed by atoms with Gasteiger partial charge in [0.25, 0.3) is 0 Å². The van der Waals surface area contributed by atoms with E-state index in [0.717, 1.165) is 35.7 Å². The third-order valence-corrected chi connectivity index (χ3v) is 5.58. The third-order valence-electron chi connectivity index (χ3n) is 5.58. The fourth-order valence-corrected chi connectivity index (χ4v) is 4.05. The molecule has 0 fully saturated rings. The summed E-state index contributed by atoms with van der Waals surface area (Å²) < 4.78 is 0. The molecule has 30 heavy (non-hydrogen) atoms. The van der Waals surface area contributed by atoms with Crippen LogP contribution in [0.4, 0.5) is 5.82 Å². The maximum absolute atomic E-state index is 13.2. The highest BCUT2D eigenvalue weighted by Gasteiger charge is 2.42. The first kappa shape index (κ1) is 20.1. The second-order valence-electron chi connectivity index (χ2n) is 8.13. The number of likely N-dealkylation sites (N-methyl/N-ethyl adjacent to an activating group) is 1. The number of pyridine rings is 1. The Morgan fingerprint density at radius 3 is 2.83 bits per heavy atom. The molecule has 7 nitrogen and oxygen atoms in total. The fraction of sp³-hybridized carbons (Fsp3) is 0.348. The molecular weight excluding hydrogens is 376 g/mol. The first-order valence-corrected chi connectivity index (χ1v) is 10.3. The Hall–Kier alpha value is -3.19. The molecule has 0 bridgehead atoms. The highest BCUT2D eigenvalue weighted by molar-refractivity contribution is 5.88. The van der Waals surface area contributed by atoms with Crippen LogP contribution in [0.2, 0.25) is 0 Å². The van der Waals surface area contributed by atoms with Crippen molar-refractivity contribution in [1.82, 2.24) is 25.2 Å². The van der Waals surface area contributed by atoms with Crippen LogP contribution >= 0.6 is 0 Å². The van der Waals surface area contributed by atoms with Crippen molar-refractivity contribution in [2.24, 2.45) is 0 Å². The zero-order valence-corrected chi connectivity index (χ0v) is 17.5. The van der Waals surface area contributed by atoms with Gasteiger partial charge in [-0.05, 0) is 31.2 Å². The van der Waals surface area contributed by atoms with E-state index in [4.69, 9.17) is 4.98 Å². The van der Waals surface area contributed by atoms with Gasteiger partial charge in [0.1, 0.15) is 11.2 Å². The van der Waals surface area contributed by atoms with Crippen LogP contribution in [0.1, 0.15) is 29.4 Å². The van der Waals surface area contributed by atoms with Crippen molar-refractivity contribution in [2.75, 3.05) is 25.5 Å². The molecule has 1 aromatic carbocycles. The monoisotopic (exact) mass is 404 g/mol. The molecule has 3 heterocycles. The van der Waals surface area contributed by atoms with Crippen LogP contribution in [0, 0.1) is 0 Å². The molecule has 3 aromatic rings. The molecule has 156 valence electrons. The van der Waals surface area contributed by atoms with E-state index in [2.05, 4.69) is 43.7 Å². The summed E-state index contributed by atoms with van der Waals surface area (Å²) in [7, 11) is 2.04. The number of anilines is 1. The van der Waals surface area contributed by atoms with Gasteiger partial charge in [-0.25, -0.2) is 9.97 Å². The summed E-state index contributed by atoms with van der Waals surface area (Å²) in [5.74, 6) is 0.793. The summed E-state index contributed by atoms with van der Waals surface area (Å²) >= 11 is 0. The largest absolute Gasteiger partial charge is 0.366 e. The lowest BCUT2D eigenvalue weighted by Gasteiger charge is -2.38. The van der Waals surface area contributed by atoms with Crippen LogP contribution in [0.15, 0.2) is 55.0 Å². The number of rotatable bonds is 7. The van der Waals surface area contributed by atoms with Crippen LogP contribution < -0.4 is 10.6 Å². The zero-order valence-electron chi connectivity index (χ0n) is 17.5. The van der Waals surface area contributed by atoms with Crippen molar-refractivity contribution in [3.05, 3.63) is 77.5 Å². The quantitative estimate of drug-likeness (QED) is 0.563. The number of H-pyrrole nitrogens is 1. The SMILES string of the molecule is CN1Cc2ccc(NCc3ccccc3)nc2C(C)(C(=O)NCCc2cnc[nH]2)C1. The Labute approximate surface area is 176 Å². The number of fused-ring (bicyclic) bond motifs is 1. The van der Waals surface area contributed by atoms with Gasteiger partial charge < -0.3 is 20.5 Å². The van der Waals surface area contributed by atoms with Crippen LogP contribution in [0.3, 0.4) is 0 Å². The molecule has 0 aliphatic carbocycles. The van der Waals surface area contributed by atoms with E-state index in [0.29, 0.717) is 19.6 Å². The molecule has 3 N–H and O–H groups in total. The zero-order chi connectivity index (χ0) is 21.0. The third kappa shape index (κ3) is 4.36. The summed E-state index contributed by atoms with van der Waals surface area (Å²) in [6.45, 7) is 4.66. The van der Waals surface area contributed by atoms with E-state index in [1.54, 1.807) is 12.5 Å². The predicted molar refractivity (Wildman–Crippen MR) is 117 cm³/mol. The lowest BCUT2D eigenvalue weighted by atomic mass is 9.79. The van der Waals surface area contributed by atoms with Crippen molar-refractivity contribution < 1.29 is 4.79 Å². The van der Waals surface area contributed by atoms with Gasteiger partial charge in [-0.2, -0.15) is 0 Å². The molecule has 7 heteroatoms. The van der Waals surface area contributed by atoms with Crippen LogP contribution in [-0.4, -0.2) is 45.9 Å². The molecule has 0 spiro atoms. The maximum Gasteiger partial charge on any atom is 0.233 e. The number of hydrogen-bond acceptors (Lipinski definition) is 5. The normalized spacial score (nSPS) is 18.6. The van der Waals surface area contributed by atoms with Gasteiger partial charge in [-0.1, -0.05) is 36.4 Å². The number of carbonyl (C=O) groups excluding carboxylic acids is 1. The average Bonchev–Trinajstić information content (AvgIpc) is 3.26. The molecule has 1 unspecified atom stereocenters. The summed E-state index contributed by atoms with van der Waals surface area (Å²) in [6, 6.07) is 14.3. The Kier molecular flexibility index (Phi) is 5.81. The number of aromatic nitrogens is 3. The number of imidazole rings is 1. The van der Waals surface area contributed by atoms with Crippen molar-refractivity contribution in [1.29, 1.82) is 0 Å². The second kappa shape index (κ2) is 8.67. The van der Waals surface area contributed by atoms with Crippen molar-refractivity contribution >= 4 is 11.7 Å². The summed E-state index contributed by atoms with van der Waals surface area (Å²) in [4.78, 5) is 27.4. The van der Waals surface area contributed by atoms with Gasteiger partial charge in [0, 0.05) is 44.5 Å². The first-order valence-electron chi connectivity index (χ1n) is 10.3. The molecule has 0 saturated heterocycles. The molecule has 0 saturated carbocycles. The van der Waals surface area contributed by atoms with E-state index in [1.165, 1.54) is 5.56 Å². The van der Waals surface area contributed by atoms with Gasteiger partial charge in [0.05, 0.1) is 12.0 Å². The smallest absolute Gasteiger partial charge is 0.233 e. The van der Waals surface area contributed by atoms with E-state index >= 15 is 0 Å². The summed E-state index contributed by atoms with van der Waals surface area (Å²) in [5.41, 5.74) is 3.45. The number of amides is 1. The minimum absolute atomic E-state index is 0.00234. The van der Waals surface area contributed by atoms with Gasteiger partial charge in [0.15, 0.2) is 0 Å². The van der Waals surface area contributed by atoms with Gasteiger partial charge in [0.2, 0.25) is 5.91 Å². The number of benzene rings is 1. The summed E-state index contributed by atoms with van der Waals surface area (Å²) in [5, 5.41) is 6.49. The molecule has 2 aromatic heterocycles. The topological polar surface area (TPSA) is 85.9 Å². The predicted octanol–water partition coefficient (Wildman–Crippen LogP) is 2.48. The Bertz CT molecular complexity index is 988.